The van der Waals surface area contributed by atoms with Gasteiger partial charge in [0.25, 0.3) is 0 Å². The van der Waals surface area contributed by atoms with Gasteiger partial charge in [0.15, 0.2) is 0 Å². The van der Waals surface area contributed by atoms with Crippen molar-refractivity contribution in [3.05, 3.63) is 58.6 Å². The van der Waals surface area contributed by atoms with E-state index in [1.54, 1.807) is 48.5 Å². The number of hydrogen-bond acceptors (Lipinski definition) is 3. The zero-order valence-corrected chi connectivity index (χ0v) is 10.6. The molecule has 0 saturated heterocycles. The SMILES string of the molecule is O=C(Oc1ccc(Cl)cc1)Oc1ccc(Cl)cc1. The van der Waals surface area contributed by atoms with Crippen LogP contribution in [0.15, 0.2) is 48.5 Å². The summed E-state index contributed by atoms with van der Waals surface area (Å²) in [7, 11) is 0. The highest BCUT2D eigenvalue weighted by Crippen LogP contribution is 2.18. The first-order valence-electron chi connectivity index (χ1n) is 5.04. The van der Waals surface area contributed by atoms with E-state index < -0.39 is 6.16 Å². The molecule has 18 heavy (non-hydrogen) atoms. The van der Waals surface area contributed by atoms with Gasteiger partial charge in [0.1, 0.15) is 11.5 Å². The maximum absolute atomic E-state index is 11.4. The molecule has 0 amide bonds. The van der Waals surface area contributed by atoms with E-state index in [4.69, 9.17) is 32.7 Å². The van der Waals surface area contributed by atoms with Crippen LogP contribution in [0.3, 0.4) is 0 Å². The van der Waals surface area contributed by atoms with Crippen LogP contribution in [0.5, 0.6) is 11.5 Å². The van der Waals surface area contributed by atoms with Gasteiger partial charge in [-0.3, -0.25) is 0 Å². The standard InChI is InChI=1S/C13H8Cl2O3/c14-9-1-5-11(6-2-9)17-13(16)18-12-7-3-10(15)4-8-12/h1-8H. The van der Waals surface area contributed by atoms with Crippen LogP contribution in [0.1, 0.15) is 0 Å². The maximum Gasteiger partial charge on any atom is 0.519 e. The van der Waals surface area contributed by atoms with E-state index in [2.05, 4.69) is 0 Å². The largest absolute Gasteiger partial charge is 0.519 e. The summed E-state index contributed by atoms with van der Waals surface area (Å²) in [6.07, 6.45) is -0.820. The predicted octanol–water partition coefficient (Wildman–Crippen LogP) is 4.57. The van der Waals surface area contributed by atoms with Gasteiger partial charge in [-0.1, -0.05) is 23.2 Å². The summed E-state index contributed by atoms with van der Waals surface area (Å²) in [6, 6.07) is 12.8. The summed E-state index contributed by atoms with van der Waals surface area (Å²) in [5, 5.41) is 1.13. The van der Waals surface area contributed by atoms with Crippen LogP contribution in [0, 0.1) is 0 Å². The number of rotatable bonds is 2. The first-order chi connectivity index (χ1) is 8.63. The van der Waals surface area contributed by atoms with E-state index in [0.717, 1.165) is 0 Å². The molecule has 0 aromatic heterocycles. The second-order valence-corrected chi connectivity index (χ2v) is 4.23. The van der Waals surface area contributed by atoms with Gasteiger partial charge in [0.2, 0.25) is 0 Å². The Kier molecular flexibility index (Phi) is 4.07. The minimum absolute atomic E-state index is 0.360. The second kappa shape index (κ2) is 5.76. The van der Waals surface area contributed by atoms with Crippen LogP contribution in [0.25, 0.3) is 0 Å². The average molecular weight is 283 g/mol. The summed E-state index contributed by atoms with van der Waals surface area (Å²) in [5.41, 5.74) is 0. The Labute approximate surface area is 114 Å². The van der Waals surface area contributed by atoms with Crippen molar-refractivity contribution in [3.63, 3.8) is 0 Å². The minimum Gasteiger partial charge on any atom is -0.395 e. The van der Waals surface area contributed by atoms with Crippen molar-refractivity contribution < 1.29 is 14.3 Å². The highest BCUT2D eigenvalue weighted by Gasteiger charge is 2.07. The van der Waals surface area contributed by atoms with Crippen molar-refractivity contribution in [3.8, 4) is 11.5 Å². The van der Waals surface area contributed by atoms with E-state index in [9.17, 15) is 4.79 Å². The third-order valence-electron chi connectivity index (χ3n) is 2.03. The molecule has 5 heteroatoms. The molecule has 0 N–H and O–H groups in total. The van der Waals surface area contributed by atoms with Crippen molar-refractivity contribution in [1.29, 1.82) is 0 Å². The minimum atomic E-state index is -0.820. The molecule has 0 radical (unpaired) electrons. The first kappa shape index (κ1) is 12.7. The molecule has 0 spiro atoms. The fraction of sp³-hybridized carbons (Fsp3) is 0. The van der Waals surface area contributed by atoms with E-state index in [-0.39, 0.29) is 0 Å². The van der Waals surface area contributed by atoms with Gasteiger partial charge in [0.05, 0.1) is 0 Å². The lowest BCUT2D eigenvalue weighted by molar-refractivity contribution is 0.152. The summed E-state index contributed by atoms with van der Waals surface area (Å²) in [4.78, 5) is 11.4. The first-order valence-corrected chi connectivity index (χ1v) is 5.80. The Morgan fingerprint density at radius 3 is 1.39 bits per heavy atom. The predicted molar refractivity (Wildman–Crippen MR) is 69.6 cm³/mol. The number of hydrogen-bond donors (Lipinski definition) is 0. The van der Waals surface area contributed by atoms with Crippen molar-refractivity contribution >= 4 is 29.4 Å². The average Bonchev–Trinajstić information content (AvgIpc) is 2.35. The highest BCUT2D eigenvalue weighted by atomic mass is 35.5. The Balaban J connectivity index is 1.96. The van der Waals surface area contributed by atoms with Crippen LogP contribution >= 0.6 is 23.2 Å². The van der Waals surface area contributed by atoms with Crippen molar-refractivity contribution in [2.75, 3.05) is 0 Å². The second-order valence-electron chi connectivity index (χ2n) is 3.36. The van der Waals surface area contributed by atoms with Gasteiger partial charge in [-0.15, -0.1) is 0 Å². The van der Waals surface area contributed by atoms with E-state index in [0.29, 0.717) is 21.5 Å². The molecule has 0 heterocycles. The Morgan fingerprint density at radius 1 is 0.722 bits per heavy atom. The number of benzene rings is 2. The van der Waals surface area contributed by atoms with Crippen LogP contribution < -0.4 is 9.47 Å². The zero-order chi connectivity index (χ0) is 13.0. The highest BCUT2D eigenvalue weighted by molar-refractivity contribution is 6.30. The molecule has 0 aliphatic heterocycles. The molecule has 0 atom stereocenters. The zero-order valence-electron chi connectivity index (χ0n) is 9.10. The van der Waals surface area contributed by atoms with E-state index in [1.165, 1.54) is 0 Å². The molecule has 0 fully saturated rings. The fourth-order valence-electron chi connectivity index (χ4n) is 1.22. The van der Waals surface area contributed by atoms with Crippen LogP contribution in [0.4, 0.5) is 4.79 Å². The topological polar surface area (TPSA) is 35.5 Å². The summed E-state index contributed by atoms with van der Waals surface area (Å²) < 4.78 is 9.90. The maximum atomic E-state index is 11.4. The number of halogens is 2. The smallest absolute Gasteiger partial charge is 0.395 e. The third-order valence-corrected chi connectivity index (χ3v) is 2.53. The van der Waals surface area contributed by atoms with Gasteiger partial charge in [0, 0.05) is 10.0 Å². The summed E-state index contributed by atoms with van der Waals surface area (Å²) in [6.45, 7) is 0. The Bertz CT molecular complexity index is 486. The monoisotopic (exact) mass is 282 g/mol. The number of ether oxygens (including phenoxy) is 2. The Hall–Kier alpha value is -1.71. The molecule has 3 nitrogen and oxygen atoms in total. The summed E-state index contributed by atoms with van der Waals surface area (Å²) in [5.74, 6) is 0.719. The molecule has 92 valence electrons. The van der Waals surface area contributed by atoms with Crippen LogP contribution in [-0.4, -0.2) is 6.16 Å². The lowest BCUT2D eigenvalue weighted by Gasteiger charge is -2.05. The van der Waals surface area contributed by atoms with E-state index in [1.807, 2.05) is 0 Å². The normalized spacial score (nSPS) is 9.89. The lowest BCUT2D eigenvalue weighted by Crippen LogP contribution is -2.13. The molecule has 2 rings (SSSR count). The number of carbonyl (C=O) groups is 1. The van der Waals surface area contributed by atoms with Gasteiger partial charge in [-0.05, 0) is 48.5 Å². The molecule has 0 aliphatic carbocycles. The van der Waals surface area contributed by atoms with Crippen molar-refractivity contribution in [1.82, 2.24) is 0 Å². The quantitative estimate of drug-likeness (QED) is 0.598. The van der Waals surface area contributed by atoms with Crippen molar-refractivity contribution in [2.45, 2.75) is 0 Å². The molecule has 0 unspecified atom stereocenters. The summed E-state index contributed by atoms with van der Waals surface area (Å²) >= 11 is 11.4. The van der Waals surface area contributed by atoms with Crippen LogP contribution in [-0.2, 0) is 0 Å². The molecule has 2 aromatic rings. The molecule has 2 aromatic carbocycles. The van der Waals surface area contributed by atoms with Gasteiger partial charge in [-0.2, -0.15) is 0 Å². The third kappa shape index (κ3) is 3.65. The number of carbonyl (C=O) groups excluding carboxylic acids is 1. The molecular formula is C13H8Cl2O3. The lowest BCUT2D eigenvalue weighted by atomic mass is 10.3. The van der Waals surface area contributed by atoms with Gasteiger partial charge < -0.3 is 9.47 Å². The van der Waals surface area contributed by atoms with Crippen LogP contribution in [0.2, 0.25) is 10.0 Å². The molecular weight excluding hydrogens is 275 g/mol. The molecule has 0 bridgehead atoms. The molecule has 0 saturated carbocycles. The van der Waals surface area contributed by atoms with Crippen molar-refractivity contribution in [2.24, 2.45) is 0 Å². The molecule has 0 aliphatic rings. The fourth-order valence-corrected chi connectivity index (χ4v) is 1.47. The van der Waals surface area contributed by atoms with Gasteiger partial charge in [-0.25, -0.2) is 4.79 Å². The Morgan fingerprint density at radius 2 is 1.06 bits per heavy atom. The van der Waals surface area contributed by atoms with E-state index >= 15 is 0 Å². The van der Waals surface area contributed by atoms with Gasteiger partial charge >= 0.3 is 6.16 Å².